The van der Waals surface area contributed by atoms with Crippen LogP contribution in [-0.2, 0) is 6.54 Å². The Labute approximate surface area is 164 Å². The highest BCUT2D eigenvalue weighted by molar-refractivity contribution is 6.00. The van der Waals surface area contributed by atoms with Crippen LogP contribution in [0.2, 0.25) is 0 Å². The molecule has 0 fully saturated rings. The number of carbonyl (C=O) groups excluding carboxylic acids is 2. The standard InChI is InChI=1S/C23H23N3O2/c1-2-24-22(27)18-10-8-9-17(15-18)16-25-23(28)20-13-6-7-14-21(20)26-19-11-4-3-5-12-19/h3-15,26H,2,16H2,1H3,(H,24,27)(H,25,28). The van der Waals surface area contributed by atoms with E-state index in [0.29, 0.717) is 24.2 Å². The summed E-state index contributed by atoms with van der Waals surface area (Å²) in [7, 11) is 0. The van der Waals surface area contributed by atoms with Crippen LogP contribution in [-0.4, -0.2) is 18.4 Å². The predicted octanol–water partition coefficient (Wildman–Crippen LogP) is 4.11. The Morgan fingerprint density at radius 3 is 2.32 bits per heavy atom. The van der Waals surface area contributed by atoms with Crippen molar-refractivity contribution in [2.24, 2.45) is 0 Å². The lowest BCUT2D eigenvalue weighted by Gasteiger charge is -2.12. The van der Waals surface area contributed by atoms with Crippen LogP contribution in [0.15, 0.2) is 78.9 Å². The minimum Gasteiger partial charge on any atom is -0.355 e. The Bertz CT molecular complexity index is 955. The molecule has 0 atom stereocenters. The lowest BCUT2D eigenvalue weighted by molar-refractivity contribution is 0.0947. The van der Waals surface area contributed by atoms with Crippen molar-refractivity contribution in [3.05, 3.63) is 95.6 Å². The van der Waals surface area contributed by atoms with Gasteiger partial charge in [-0.1, -0.05) is 42.5 Å². The highest BCUT2D eigenvalue weighted by atomic mass is 16.2. The molecule has 0 heterocycles. The monoisotopic (exact) mass is 373 g/mol. The van der Waals surface area contributed by atoms with Crippen molar-refractivity contribution in [2.45, 2.75) is 13.5 Å². The maximum atomic E-state index is 12.7. The molecule has 2 amide bonds. The van der Waals surface area contributed by atoms with Crippen LogP contribution in [0.25, 0.3) is 0 Å². The number of rotatable bonds is 7. The fourth-order valence-corrected chi connectivity index (χ4v) is 2.83. The molecule has 0 saturated carbocycles. The van der Waals surface area contributed by atoms with Crippen molar-refractivity contribution >= 4 is 23.2 Å². The van der Waals surface area contributed by atoms with Gasteiger partial charge in [-0.05, 0) is 48.9 Å². The van der Waals surface area contributed by atoms with Gasteiger partial charge in [0, 0.05) is 24.3 Å². The molecule has 0 saturated heterocycles. The van der Waals surface area contributed by atoms with E-state index in [1.165, 1.54) is 0 Å². The van der Waals surface area contributed by atoms with Gasteiger partial charge in [-0.3, -0.25) is 9.59 Å². The second-order valence-corrected chi connectivity index (χ2v) is 6.28. The number of benzene rings is 3. The predicted molar refractivity (Wildman–Crippen MR) is 112 cm³/mol. The molecule has 5 heteroatoms. The summed E-state index contributed by atoms with van der Waals surface area (Å²) in [5.74, 6) is -0.296. The number of anilines is 2. The Balaban J connectivity index is 1.69. The molecular formula is C23H23N3O2. The lowest BCUT2D eigenvalue weighted by atomic mass is 10.1. The van der Waals surface area contributed by atoms with E-state index in [0.717, 1.165) is 16.9 Å². The highest BCUT2D eigenvalue weighted by Gasteiger charge is 2.11. The average molecular weight is 373 g/mol. The maximum absolute atomic E-state index is 12.7. The van der Waals surface area contributed by atoms with Gasteiger partial charge in [0.05, 0.1) is 11.3 Å². The molecule has 0 aliphatic heterocycles. The first-order valence-corrected chi connectivity index (χ1v) is 9.24. The lowest BCUT2D eigenvalue weighted by Crippen LogP contribution is -2.25. The number of nitrogens with one attached hydrogen (secondary N) is 3. The number of para-hydroxylation sites is 2. The molecule has 0 spiro atoms. The van der Waals surface area contributed by atoms with Crippen molar-refractivity contribution in [1.82, 2.24) is 10.6 Å². The van der Waals surface area contributed by atoms with Crippen molar-refractivity contribution in [3.63, 3.8) is 0 Å². The molecule has 3 rings (SSSR count). The molecule has 142 valence electrons. The zero-order chi connectivity index (χ0) is 19.8. The molecule has 3 N–H and O–H groups in total. The van der Waals surface area contributed by atoms with Gasteiger partial charge in [-0.15, -0.1) is 0 Å². The molecule has 0 unspecified atom stereocenters. The van der Waals surface area contributed by atoms with Gasteiger partial charge >= 0.3 is 0 Å². The topological polar surface area (TPSA) is 70.2 Å². The summed E-state index contributed by atoms with van der Waals surface area (Å²) in [5, 5.41) is 8.98. The zero-order valence-corrected chi connectivity index (χ0v) is 15.7. The molecule has 3 aromatic rings. The molecule has 0 aromatic heterocycles. The van der Waals surface area contributed by atoms with Gasteiger partial charge in [0.2, 0.25) is 0 Å². The number of carbonyl (C=O) groups is 2. The van der Waals surface area contributed by atoms with Crippen LogP contribution < -0.4 is 16.0 Å². The second kappa shape index (κ2) is 9.37. The van der Waals surface area contributed by atoms with E-state index in [1.807, 2.05) is 67.6 Å². The molecule has 0 radical (unpaired) electrons. The van der Waals surface area contributed by atoms with Crippen LogP contribution in [0.1, 0.15) is 33.2 Å². The van der Waals surface area contributed by atoms with Crippen molar-refractivity contribution in [2.75, 3.05) is 11.9 Å². The Kier molecular flexibility index (Phi) is 6.41. The van der Waals surface area contributed by atoms with Crippen LogP contribution in [0.5, 0.6) is 0 Å². The van der Waals surface area contributed by atoms with E-state index in [4.69, 9.17) is 0 Å². The molecule has 5 nitrogen and oxygen atoms in total. The first-order valence-electron chi connectivity index (χ1n) is 9.24. The van der Waals surface area contributed by atoms with Gasteiger partial charge in [-0.2, -0.15) is 0 Å². The zero-order valence-electron chi connectivity index (χ0n) is 15.7. The van der Waals surface area contributed by atoms with Crippen LogP contribution in [0.4, 0.5) is 11.4 Å². The fourth-order valence-electron chi connectivity index (χ4n) is 2.83. The summed E-state index contributed by atoms with van der Waals surface area (Å²) in [5.41, 5.74) is 3.66. The van der Waals surface area contributed by atoms with Crippen LogP contribution in [0, 0.1) is 0 Å². The normalized spacial score (nSPS) is 10.2. The SMILES string of the molecule is CCNC(=O)c1cccc(CNC(=O)c2ccccc2Nc2ccccc2)c1. The van der Waals surface area contributed by atoms with Crippen molar-refractivity contribution in [1.29, 1.82) is 0 Å². The summed E-state index contributed by atoms with van der Waals surface area (Å²) in [6.07, 6.45) is 0. The first-order chi connectivity index (χ1) is 13.7. The fraction of sp³-hybridized carbons (Fsp3) is 0.130. The quantitative estimate of drug-likeness (QED) is 0.584. The minimum absolute atomic E-state index is 0.118. The van der Waals surface area contributed by atoms with Crippen LogP contribution >= 0.6 is 0 Å². The third-order valence-corrected chi connectivity index (χ3v) is 4.20. The van der Waals surface area contributed by atoms with E-state index in [2.05, 4.69) is 16.0 Å². The number of hydrogen-bond donors (Lipinski definition) is 3. The van der Waals surface area contributed by atoms with Gasteiger partial charge in [-0.25, -0.2) is 0 Å². The smallest absolute Gasteiger partial charge is 0.253 e. The van der Waals surface area contributed by atoms with Gasteiger partial charge in [0.1, 0.15) is 0 Å². The average Bonchev–Trinajstić information content (AvgIpc) is 2.73. The third-order valence-electron chi connectivity index (χ3n) is 4.20. The second-order valence-electron chi connectivity index (χ2n) is 6.28. The first kappa shape index (κ1) is 19.2. The van der Waals surface area contributed by atoms with Crippen LogP contribution in [0.3, 0.4) is 0 Å². The summed E-state index contributed by atoms with van der Waals surface area (Å²) in [6.45, 7) is 2.79. The Morgan fingerprint density at radius 1 is 0.786 bits per heavy atom. The largest absolute Gasteiger partial charge is 0.355 e. The summed E-state index contributed by atoms with van der Waals surface area (Å²) >= 11 is 0. The highest BCUT2D eigenvalue weighted by Crippen LogP contribution is 2.20. The van der Waals surface area contributed by atoms with Gasteiger partial charge < -0.3 is 16.0 Å². The molecule has 0 bridgehead atoms. The molecule has 28 heavy (non-hydrogen) atoms. The molecule has 0 aliphatic carbocycles. The minimum atomic E-state index is -0.178. The third kappa shape index (κ3) is 4.98. The van der Waals surface area contributed by atoms with E-state index < -0.39 is 0 Å². The molecule has 3 aromatic carbocycles. The number of hydrogen-bond acceptors (Lipinski definition) is 3. The van der Waals surface area contributed by atoms with Crippen molar-refractivity contribution in [3.8, 4) is 0 Å². The summed E-state index contributed by atoms with van der Waals surface area (Å²) in [6, 6.07) is 24.3. The number of amides is 2. The van der Waals surface area contributed by atoms with E-state index >= 15 is 0 Å². The van der Waals surface area contributed by atoms with Crippen molar-refractivity contribution < 1.29 is 9.59 Å². The molecular weight excluding hydrogens is 350 g/mol. The molecule has 0 aliphatic rings. The summed E-state index contributed by atoms with van der Waals surface area (Å²) < 4.78 is 0. The van der Waals surface area contributed by atoms with E-state index in [9.17, 15) is 9.59 Å². The summed E-state index contributed by atoms with van der Waals surface area (Å²) in [4.78, 5) is 24.7. The van der Waals surface area contributed by atoms with Gasteiger partial charge in [0.15, 0.2) is 0 Å². The maximum Gasteiger partial charge on any atom is 0.253 e. The van der Waals surface area contributed by atoms with Gasteiger partial charge in [0.25, 0.3) is 11.8 Å². The Morgan fingerprint density at radius 2 is 1.54 bits per heavy atom. The van der Waals surface area contributed by atoms with E-state index in [-0.39, 0.29) is 11.8 Å². The Hall–Kier alpha value is -3.60. The van der Waals surface area contributed by atoms with E-state index in [1.54, 1.807) is 18.2 Å².